The molecule has 4 aromatic rings. The number of carboxylic acid groups (broad SMARTS) is 1. The minimum absolute atomic E-state index is 0.212. The molecular formula is C22H18N4O3S. The van der Waals surface area contributed by atoms with Crippen LogP contribution in [-0.2, 0) is 6.42 Å². The van der Waals surface area contributed by atoms with E-state index in [1.807, 2.05) is 30.3 Å². The molecule has 0 fully saturated rings. The summed E-state index contributed by atoms with van der Waals surface area (Å²) in [5.74, 6) is -0.242. The summed E-state index contributed by atoms with van der Waals surface area (Å²) in [6.07, 6.45) is 2.41. The van der Waals surface area contributed by atoms with Crippen molar-refractivity contribution in [3.63, 3.8) is 0 Å². The fourth-order valence-electron chi connectivity index (χ4n) is 2.73. The van der Waals surface area contributed by atoms with E-state index in [0.29, 0.717) is 22.6 Å². The first-order valence-electron chi connectivity index (χ1n) is 9.29. The van der Waals surface area contributed by atoms with Crippen molar-refractivity contribution < 1.29 is 14.6 Å². The van der Waals surface area contributed by atoms with Crippen LogP contribution in [0, 0.1) is 0 Å². The molecule has 0 amide bonds. The molecule has 4 rings (SSSR count). The zero-order valence-corrected chi connectivity index (χ0v) is 16.9. The molecule has 0 aliphatic rings. The van der Waals surface area contributed by atoms with Gasteiger partial charge in [-0.05, 0) is 30.7 Å². The first-order valence-corrected chi connectivity index (χ1v) is 10.1. The zero-order valence-electron chi connectivity index (χ0n) is 16.1. The number of aromatic carboxylic acids is 1. The third-order valence-electron chi connectivity index (χ3n) is 4.21. The van der Waals surface area contributed by atoms with E-state index in [4.69, 9.17) is 14.8 Å². The highest BCUT2D eigenvalue weighted by Crippen LogP contribution is 2.38. The van der Waals surface area contributed by atoms with Crippen LogP contribution in [0.15, 0.2) is 66.9 Å². The van der Waals surface area contributed by atoms with Gasteiger partial charge in [-0.2, -0.15) is 4.98 Å². The average Bonchev–Trinajstić information content (AvgIpc) is 3.18. The number of nitrogens with zero attached hydrogens (tertiary/aromatic N) is 3. The van der Waals surface area contributed by atoms with E-state index in [2.05, 4.69) is 22.2 Å². The predicted octanol–water partition coefficient (Wildman–Crippen LogP) is 5.40. The van der Waals surface area contributed by atoms with Gasteiger partial charge >= 0.3 is 5.97 Å². The molecule has 0 bridgehead atoms. The molecule has 2 heterocycles. The number of nitrogens with one attached hydrogen (secondary N) is 1. The molecule has 0 radical (unpaired) electrons. The maximum Gasteiger partial charge on any atom is 0.335 e. The molecule has 0 unspecified atom stereocenters. The maximum absolute atomic E-state index is 11.0. The molecule has 7 nitrogen and oxygen atoms in total. The highest BCUT2D eigenvalue weighted by Gasteiger charge is 2.15. The molecule has 0 aliphatic carbocycles. The molecular weight excluding hydrogens is 400 g/mol. The van der Waals surface area contributed by atoms with E-state index < -0.39 is 5.97 Å². The van der Waals surface area contributed by atoms with Crippen LogP contribution >= 0.6 is 11.3 Å². The monoisotopic (exact) mass is 418 g/mol. The molecule has 30 heavy (non-hydrogen) atoms. The number of benzene rings is 2. The smallest absolute Gasteiger partial charge is 0.335 e. The van der Waals surface area contributed by atoms with E-state index in [0.717, 1.165) is 22.7 Å². The van der Waals surface area contributed by atoms with Crippen LogP contribution in [0.1, 0.15) is 22.3 Å². The standard InChI is InChI=1S/C22H18N4O3S/c1-2-18-26-19(14-6-4-3-5-7-14)21(30-18)29-17-12-13-23-22(25-17)24-16-10-8-15(9-11-16)20(27)28/h3-13H,2H2,1H3,(H,27,28)(H,23,24,25). The summed E-state index contributed by atoms with van der Waals surface area (Å²) in [6, 6.07) is 17.9. The SMILES string of the molecule is CCc1nc(-c2ccccc2)c(Oc2ccnc(Nc3ccc(C(=O)O)cc3)n2)s1. The highest BCUT2D eigenvalue weighted by atomic mass is 32.1. The van der Waals surface area contributed by atoms with Crippen LogP contribution in [0.25, 0.3) is 11.3 Å². The Hall–Kier alpha value is -3.78. The fourth-order valence-corrected chi connectivity index (χ4v) is 3.61. The van der Waals surface area contributed by atoms with Crippen LogP contribution in [-0.4, -0.2) is 26.0 Å². The zero-order chi connectivity index (χ0) is 20.9. The molecule has 2 aromatic heterocycles. The quantitative estimate of drug-likeness (QED) is 0.415. The second kappa shape index (κ2) is 8.71. The Morgan fingerprint density at radius 1 is 1.07 bits per heavy atom. The van der Waals surface area contributed by atoms with Gasteiger partial charge in [-0.1, -0.05) is 48.6 Å². The molecule has 0 atom stereocenters. The summed E-state index contributed by atoms with van der Waals surface area (Å²) in [6.45, 7) is 2.06. The molecule has 0 saturated carbocycles. The van der Waals surface area contributed by atoms with Gasteiger partial charge in [-0.25, -0.2) is 14.8 Å². The number of anilines is 2. The summed E-state index contributed by atoms with van der Waals surface area (Å²) in [5.41, 5.74) is 2.65. The van der Waals surface area contributed by atoms with Crippen molar-refractivity contribution in [3.05, 3.63) is 77.4 Å². The number of carboxylic acids is 1. The van der Waals surface area contributed by atoms with Crippen molar-refractivity contribution in [3.8, 4) is 22.2 Å². The maximum atomic E-state index is 11.0. The topological polar surface area (TPSA) is 97.2 Å². The Balaban J connectivity index is 1.56. The first kappa shape index (κ1) is 19.5. The number of aryl methyl sites for hydroxylation is 1. The Labute approximate surface area is 177 Å². The Kier molecular flexibility index (Phi) is 5.67. The Morgan fingerprint density at radius 3 is 2.53 bits per heavy atom. The van der Waals surface area contributed by atoms with Crippen LogP contribution in [0.4, 0.5) is 11.6 Å². The molecule has 0 aliphatic heterocycles. The van der Waals surface area contributed by atoms with Gasteiger partial charge in [-0.3, -0.25) is 0 Å². The lowest BCUT2D eigenvalue weighted by atomic mass is 10.2. The third-order valence-corrected chi connectivity index (χ3v) is 5.28. The second-order valence-corrected chi connectivity index (χ2v) is 7.34. The Bertz CT molecular complexity index is 1160. The number of rotatable bonds is 7. The minimum atomic E-state index is -0.974. The number of hydrogen-bond acceptors (Lipinski definition) is 7. The Morgan fingerprint density at radius 2 is 1.83 bits per heavy atom. The van der Waals surface area contributed by atoms with E-state index in [1.165, 1.54) is 23.5 Å². The van der Waals surface area contributed by atoms with Crippen molar-refractivity contribution in [2.24, 2.45) is 0 Å². The van der Waals surface area contributed by atoms with Crippen LogP contribution in [0.3, 0.4) is 0 Å². The van der Waals surface area contributed by atoms with Crippen molar-refractivity contribution in [2.75, 3.05) is 5.32 Å². The third kappa shape index (κ3) is 4.44. The van der Waals surface area contributed by atoms with Gasteiger partial charge < -0.3 is 15.2 Å². The van der Waals surface area contributed by atoms with Gasteiger partial charge in [-0.15, -0.1) is 0 Å². The van der Waals surface area contributed by atoms with Crippen molar-refractivity contribution in [1.82, 2.24) is 15.0 Å². The molecule has 8 heteroatoms. The fraction of sp³-hybridized carbons (Fsp3) is 0.0909. The van der Waals surface area contributed by atoms with Crippen LogP contribution < -0.4 is 10.1 Å². The number of ether oxygens (including phenoxy) is 1. The largest absolute Gasteiger partial charge is 0.478 e. The van der Waals surface area contributed by atoms with Crippen LogP contribution in [0.2, 0.25) is 0 Å². The van der Waals surface area contributed by atoms with Gasteiger partial charge in [0.15, 0.2) is 0 Å². The molecule has 0 saturated heterocycles. The summed E-state index contributed by atoms with van der Waals surface area (Å²) in [4.78, 5) is 24.3. The average molecular weight is 418 g/mol. The lowest BCUT2D eigenvalue weighted by molar-refractivity contribution is 0.0697. The van der Waals surface area contributed by atoms with Gasteiger partial charge in [0.25, 0.3) is 0 Å². The van der Waals surface area contributed by atoms with Crippen molar-refractivity contribution >= 4 is 28.9 Å². The number of carbonyl (C=O) groups is 1. The summed E-state index contributed by atoms with van der Waals surface area (Å²) in [5, 5.41) is 13.7. The first-order chi connectivity index (χ1) is 14.6. The molecule has 0 spiro atoms. The van der Waals surface area contributed by atoms with Gasteiger partial charge in [0, 0.05) is 23.5 Å². The normalized spacial score (nSPS) is 10.6. The number of aromatic nitrogens is 3. The van der Waals surface area contributed by atoms with Crippen molar-refractivity contribution in [2.45, 2.75) is 13.3 Å². The lowest BCUT2D eigenvalue weighted by Gasteiger charge is -2.08. The molecule has 150 valence electrons. The van der Waals surface area contributed by atoms with Crippen LogP contribution in [0.5, 0.6) is 10.9 Å². The van der Waals surface area contributed by atoms with Crippen molar-refractivity contribution in [1.29, 1.82) is 0 Å². The van der Waals surface area contributed by atoms with E-state index in [-0.39, 0.29) is 5.56 Å². The van der Waals surface area contributed by atoms with Gasteiger partial charge in [0.05, 0.1) is 10.6 Å². The van der Waals surface area contributed by atoms with E-state index in [9.17, 15) is 4.79 Å². The minimum Gasteiger partial charge on any atom is -0.478 e. The summed E-state index contributed by atoms with van der Waals surface area (Å²) >= 11 is 1.49. The summed E-state index contributed by atoms with van der Waals surface area (Å²) < 4.78 is 6.06. The molecule has 2 aromatic carbocycles. The van der Waals surface area contributed by atoms with Gasteiger partial charge in [0.2, 0.25) is 16.9 Å². The lowest BCUT2D eigenvalue weighted by Crippen LogP contribution is -2.00. The number of thiazole rings is 1. The molecule has 2 N–H and O–H groups in total. The van der Waals surface area contributed by atoms with E-state index >= 15 is 0 Å². The van der Waals surface area contributed by atoms with Gasteiger partial charge in [0.1, 0.15) is 5.69 Å². The second-order valence-electron chi connectivity index (χ2n) is 6.29. The summed E-state index contributed by atoms with van der Waals surface area (Å²) in [7, 11) is 0. The highest BCUT2D eigenvalue weighted by molar-refractivity contribution is 7.14. The predicted molar refractivity (Wildman–Crippen MR) is 116 cm³/mol. The van der Waals surface area contributed by atoms with E-state index in [1.54, 1.807) is 24.4 Å². The number of hydrogen-bond donors (Lipinski definition) is 2.